The Morgan fingerprint density at radius 2 is 2.04 bits per heavy atom. The fourth-order valence-electron chi connectivity index (χ4n) is 3.31. The van der Waals surface area contributed by atoms with Crippen LogP contribution in [0.3, 0.4) is 0 Å². The summed E-state index contributed by atoms with van der Waals surface area (Å²) in [5.41, 5.74) is 0.717. The van der Waals surface area contributed by atoms with Gasteiger partial charge in [-0.2, -0.15) is 4.98 Å². The number of aromatic nitrogens is 2. The molecule has 3 aromatic rings. The van der Waals surface area contributed by atoms with Crippen LogP contribution in [0.25, 0.3) is 11.5 Å². The van der Waals surface area contributed by atoms with Gasteiger partial charge in [-0.3, -0.25) is 4.79 Å². The van der Waals surface area contributed by atoms with Gasteiger partial charge in [-0.25, -0.2) is 0 Å². The number of nitrogens with zero attached hydrogens (tertiary/aromatic N) is 3. The van der Waals surface area contributed by atoms with Gasteiger partial charge in [-0.1, -0.05) is 11.2 Å². The third-order valence-corrected chi connectivity index (χ3v) is 5.76. The minimum atomic E-state index is -0.0548. The Hall–Kier alpha value is -2.87. The molecule has 3 heterocycles. The molecule has 1 aliphatic heterocycles. The van der Waals surface area contributed by atoms with Crippen LogP contribution in [0.1, 0.15) is 23.0 Å². The van der Waals surface area contributed by atoms with Crippen LogP contribution in [0.2, 0.25) is 0 Å². The van der Waals surface area contributed by atoms with E-state index in [4.69, 9.17) is 14.0 Å². The predicted octanol–water partition coefficient (Wildman–Crippen LogP) is 3.37. The highest BCUT2D eigenvalue weighted by atomic mass is 32.1. The summed E-state index contributed by atoms with van der Waals surface area (Å²) in [5, 5.41) is 6.17. The topological polar surface area (TPSA) is 77.7 Å². The minimum absolute atomic E-state index is 0.0548. The molecule has 0 bridgehead atoms. The minimum Gasteiger partial charge on any atom is -0.497 e. The van der Waals surface area contributed by atoms with Gasteiger partial charge in [0.05, 0.1) is 14.2 Å². The molecule has 1 aromatic carbocycles. The molecule has 1 aliphatic rings. The molecule has 1 fully saturated rings. The maximum absolute atomic E-state index is 12.4. The van der Waals surface area contributed by atoms with E-state index in [1.807, 2.05) is 23.1 Å². The summed E-state index contributed by atoms with van der Waals surface area (Å²) in [6, 6.07) is 9.53. The van der Waals surface area contributed by atoms with Crippen molar-refractivity contribution in [3.63, 3.8) is 0 Å². The first-order valence-corrected chi connectivity index (χ1v) is 9.91. The van der Waals surface area contributed by atoms with Crippen molar-refractivity contribution in [2.75, 3.05) is 27.3 Å². The Balaban J connectivity index is 1.46. The number of methoxy groups -OCH3 is 2. The quantitative estimate of drug-likeness (QED) is 0.606. The van der Waals surface area contributed by atoms with Gasteiger partial charge in [0.1, 0.15) is 11.5 Å². The van der Waals surface area contributed by atoms with Crippen LogP contribution in [-0.4, -0.2) is 48.3 Å². The van der Waals surface area contributed by atoms with Crippen molar-refractivity contribution in [2.45, 2.75) is 18.8 Å². The molecule has 0 N–H and O–H groups in total. The van der Waals surface area contributed by atoms with Gasteiger partial charge in [0, 0.05) is 41.9 Å². The summed E-state index contributed by atoms with van der Waals surface area (Å²) in [5.74, 6) is 2.31. The lowest BCUT2D eigenvalue weighted by molar-refractivity contribution is -0.127. The molecule has 1 atom stereocenters. The molecule has 0 radical (unpaired) electrons. The van der Waals surface area contributed by atoms with E-state index in [9.17, 15) is 4.79 Å². The van der Waals surface area contributed by atoms with E-state index in [0.717, 1.165) is 6.42 Å². The summed E-state index contributed by atoms with van der Waals surface area (Å²) in [6.07, 6.45) is 1.28. The van der Waals surface area contributed by atoms with E-state index in [2.05, 4.69) is 21.6 Å². The molecule has 1 amide bonds. The Bertz CT molecular complexity index is 932. The summed E-state index contributed by atoms with van der Waals surface area (Å²) in [7, 11) is 3.18. The maximum atomic E-state index is 12.4. The summed E-state index contributed by atoms with van der Waals surface area (Å²) < 4.78 is 16.0. The van der Waals surface area contributed by atoms with E-state index in [1.54, 1.807) is 31.6 Å². The Morgan fingerprint density at radius 1 is 1.25 bits per heavy atom. The molecule has 4 rings (SSSR count). The number of rotatable bonds is 7. The summed E-state index contributed by atoms with van der Waals surface area (Å²) in [6.45, 7) is 1.33. The number of carbonyl (C=O) groups is 1. The number of benzene rings is 1. The van der Waals surface area contributed by atoms with Gasteiger partial charge >= 0.3 is 0 Å². The average molecular weight is 399 g/mol. The van der Waals surface area contributed by atoms with Gasteiger partial charge in [0.2, 0.25) is 5.91 Å². The zero-order valence-corrected chi connectivity index (χ0v) is 16.6. The fourth-order valence-corrected chi connectivity index (χ4v) is 4.01. The van der Waals surface area contributed by atoms with Gasteiger partial charge in [0.15, 0.2) is 5.82 Å². The Labute approximate surface area is 166 Å². The summed E-state index contributed by atoms with van der Waals surface area (Å²) in [4.78, 5) is 20.1. The lowest BCUT2D eigenvalue weighted by Gasteiger charge is -2.15. The maximum Gasteiger partial charge on any atom is 0.258 e. The van der Waals surface area contributed by atoms with Crippen LogP contribution < -0.4 is 9.47 Å². The second kappa shape index (κ2) is 8.02. The lowest BCUT2D eigenvalue weighted by Crippen LogP contribution is -2.27. The predicted molar refractivity (Wildman–Crippen MR) is 105 cm³/mol. The number of amides is 1. The van der Waals surface area contributed by atoms with Crippen molar-refractivity contribution in [1.29, 1.82) is 0 Å². The van der Waals surface area contributed by atoms with E-state index in [0.29, 0.717) is 48.3 Å². The molecule has 7 nitrogen and oxygen atoms in total. The highest BCUT2D eigenvalue weighted by Gasteiger charge is 2.33. The number of thiophene rings is 1. The second-order valence-electron chi connectivity index (χ2n) is 6.63. The molecule has 0 aliphatic carbocycles. The molecule has 1 unspecified atom stereocenters. The number of hydrogen-bond acceptors (Lipinski definition) is 7. The largest absolute Gasteiger partial charge is 0.497 e. The van der Waals surface area contributed by atoms with Gasteiger partial charge in [-0.15, -0.1) is 11.3 Å². The van der Waals surface area contributed by atoms with Gasteiger partial charge in [-0.05, 0) is 30.0 Å². The van der Waals surface area contributed by atoms with Crippen LogP contribution in [0, 0.1) is 0 Å². The molecule has 8 heteroatoms. The molecule has 146 valence electrons. The van der Waals surface area contributed by atoms with E-state index in [1.165, 1.54) is 4.88 Å². The Morgan fingerprint density at radius 3 is 2.71 bits per heavy atom. The first-order chi connectivity index (χ1) is 13.7. The van der Waals surface area contributed by atoms with Crippen molar-refractivity contribution >= 4 is 17.2 Å². The van der Waals surface area contributed by atoms with E-state index in [-0.39, 0.29) is 11.8 Å². The monoisotopic (exact) mass is 399 g/mol. The third-order valence-electron chi connectivity index (χ3n) is 4.83. The molecule has 2 aromatic heterocycles. The molecule has 0 spiro atoms. The molecule has 28 heavy (non-hydrogen) atoms. The Kier molecular flexibility index (Phi) is 5.29. The van der Waals surface area contributed by atoms with E-state index < -0.39 is 0 Å². The first kappa shape index (κ1) is 18.5. The van der Waals surface area contributed by atoms with Crippen molar-refractivity contribution in [2.24, 2.45) is 0 Å². The first-order valence-electron chi connectivity index (χ1n) is 9.03. The van der Waals surface area contributed by atoms with E-state index >= 15 is 0 Å². The number of carbonyl (C=O) groups excluding carboxylic acids is 1. The number of likely N-dealkylation sites (tertiary alicyclic amines) is 1. The normalized spacial score (nSPS) is 16.6. The SMILES string of the molecule is COc1cc(OC)cc(-c2nc(C3CC(=O)N(CCc4cccs4)C3)no2)c1. The number of hydrogen-bond donors (Lipinski definition) is 0. The van der Waals surface area contributed by atoms with Crippen LogP contribution in [-0.2, 0) is 11.2 Å². The highest BCUT2D eigenvalue weighted by Crippen LogP contribution is 2.31. The number of ether oxygens (including phenoxy) is 2. The van der Waals surface area contributed by atoms with Gasteiger partial charge in [0.25, 0.3) is 5.89 Å². The van der Waals surface area contributed by atoms with Crippen molar-refractivity contribution in [3.05, 3.63) is 46.4 Å². The van der Waals surface area contributed by atoms with Crippen LogP contribution in [0.5, 0.6) is 11.5 Å². The zero-order valence-electron chi connectivity index (χ0n) is 15.8. The second-order valence-corrected chi connectivity index (χ2v) is 7.66. The molecule has 0 saturated carbocycles. The average Bonchev–Trinajstić information content (AvgIpc) is 3.46. The highest BCUT2D eigenvalue weighted by molar-refractivity contribution is 7.09. The van der Waals surface area contributed by atoms with Crippen LogP contribution >= 0.6 is 11.3 Å². The van der Waals surface area contributed by atoms with Crippen molar-refractivity contribution in [3.8, 4) is 23.0 Å². The molecular weight excluding hydrogens is 378 g/mol. The standard InChI is InChI=1S/C20H21N3O4S/c1-25-15-8-13(9-16(11-15)26-2)20-21-19(22-27-20)14-10-18(24)23(12-14)6-5-17-4-3-7-28-17/h3-4,7-9,11,14H,5-6,10,12H2,1-2H3. The zero-order chi connectivity index (χ0) is 19.5. The third kappa shape index (κ3) is 3.87. The smallest absolute Gasteiger partial charge is 0.258 e. The molecule has 1 saturated heterocycles. The molecular formula is C20H21N3O4S. The fraction of sp³-hybridized carbons (Fsp3) is 0.350. The van der Waals surface area contributed by atoms with Crippen LogP contribution in [0.15, 0.2) is 40.2 Å². The van der Waals surface area contributed by atoms with Crippen molar-refractivity contribution in [1.82, 2.24) is 15.0 Å². The van der Waals surface area contributed by atoms with Crippen LogP contribution in [0.4, 0.5) is 0 Å². The van der Waals surface area contributed by atoms with Gasteiger partial charge < -0.3 is 18.9 Å². The summed E-state index contributed by atoms with van der Waals surface area (Å²) >= 11 is 1.71. The lowest BCUT2D eigenvalue weighted by atomic mass is 10.1. The van der Waals surface area contributed by atoms with Crippen molar-refractivity contribution < 1.29 is 18.8 Å².